The fourth-order valence-electron chi connectivity index (χ4n) is 6.81. The van der Waals surface area contributed by atoms with E-state index in [1.807, 2.05) is 6.08 Å². The number of hydrogen-bond acceptors (Lipinski definition) is 1. The fourth-order valence-corrected chi connectivity index (χ4v) is 6.81. The second kappa shape index (κ2) is 5.08. The molecule has 0 N–H and O–H groups in total. The van der Waals surface area contributed by atoms with Gasteiger partial charge >= 0.3 is 0 Å². The van der Waals surface area contributed by atoms with E-state index in [2.05, 4.69) is 26.8 Å². The van der Waals surface area contributed by atoms with Crippen molar-refractivity contribution in [3.63, 3.8) is 0 Å². The van der Waals surface area contributed by atoms with E-state index in [4.69, 9.17) is 0 Å². The largest absolute Gasteiger partial charge is 0.295 e. The lowest BCUT2D eigenvalue weighted by Crippen LogP contribution is -2.49. The van der Waals surface area contributed by atoms with Crippen LogP contribution in [0.4, 0.5) is 0 Å². The van der Waals surface area contributed by atoms with E-state index in [-0.39, 0.29) is 0 Å². The van der Waals surface area contributed by atoms with Crippen molar-refractivity contribution in [2.75, 3.05) is 0 Å². The van der Waals surface area contributed by atoms with Gasteiger partial charge in [0.2, 0.25) is 0 Å². The van der Waals surface area contributed by atoms with Crippen LogP contribution in [0.25, 0.3) is 0 Å². The molecule has 0 aliphatic heterocycles. The summed E-state index contributed by atoms with van der Waals surface area (Å²) in [6, 6.07) is 0. The van der Waals surface area contributed by atoms with Crippen LogP contribution in [0.3, 0.4) is 0 Å². The van der Waals surface area contributed by atoms with Crippen molar-refractivity contribution >= 4 is 5.78 Å². The van der Waals surface area contributed by atoms with Gasteiger partial charge in [-0.05, 0) is 86.5 Å². The van der Waals surface area contributed by atoms with Crippen LogP contribution in [0.1, 0.15) is 65.7 Å². The first kappa shape index (κ1) is 14.7. The summed E-state index contributed by atoms with van der Waals surface area (Å²) < 4.78 is 0. The second-order valence-corrected chi connectivity index (χ2v) is 8.67. The summed E-state index contributed by atoms with van der Waals surface area (Å²) in [6.45, 7) is 7.23. The zero-order chi connectivity index (χ0) is 15.5. The average molecular weight is 298 g/mol. The lowest BCUT2D eigenvalue weighted by molar-refractivity contribution is -0.117. The van der Waals surface area contributed by atoms with Gasteiger partial charge in [0.15, 0.2) is 5.78 Å². The highest BCUT2D eigenvalue weighted by atomic mass is 16.1. The quantitative estimate of drug-likeness (QED) is 0.553. The summed E-state index contributed by atoms with van der Waals surface area (Å²) in [7, 11) is 0. The van der Waals surface area contributed by atoms with Gasteiger partial charge in [-0.3, -0.25) is 4.79 Å². The summed E-state index contributed by atoms with van der Waals surface area (Å²) in [5.74, 6) is 4.74. The predicted molar refractivity (Wildman–Crippen MR) is 90.4 cm³/mol. The molecular weight excluding hydrogens is 268 g/mol. The van der Waals surface area contributed by atoms with Crippen LogP contribution in [0.2, 0.25) is 0 Å². The molecule has 0 aromatic heterocycles. The molecule has 0 amide bonds. The fraction of sp³-hybridized carbons (Fsp3) is 0.762. The molecule has 0 aromatic carbocycles. The van der Waals surface area contributed by atoms with Gasteiger partial charge < -0.3 is 0 Å². The van der Waals surface area contributed by atoms with E-state index >= 15 is 0 Å². The Morgan fingerprint density at radius 2 is 1.95 bits per heavy atom. The highest BCUT2D eigenvalue weighted by molar-refractivity contribution is 5.91. The molecule has 0 saturated heterocycles. The third kappa shape index (κ3) is 1.93. The SMILES string of the molecule is CC=C1CCC2C3CCC4=CC(=O)CC[C@]4(C)C3C[C@@H](C)C12. The van der Waals surface area contributed by atoms with E-state index < -0.39 is 0 Å². The lowest BCUT2D eigenvalue weighted by Gasteiger charge is -2.56. The van der Waals surface area contributed by atoms with Crippen LogP contribution < -0.4 is 0 Å². The van der Waals surface area contributed by atoms with E-state index in [9.17, 15) is 4.79 Å². The maximum atomic E-state index is 11.9. The molecule has 4 rings (SSSR count). The van der Waals surface area contributed by atoms with Gasteiger partial charge in [-0.1, -0.05) is 31.1 Å². The minimum absolute atomic E-state index is 0.328. The summed E-state index contributed by atoms with van der Waals surface area (Å²) in [6.07, 6.45) is 13.0. The van der Waals surface area contributed by atoms with Crippen molar-refractivity contribution in [2.45, 2.75) is 65.7 Å². The standard InChI is InChI=1S/C21H30O/c1-4-14-5-7-18-17-8-6-15-12-16(22)9-10-21(15,3)19(17)11-13(2)20(14)18/h4,12-13,17-20H,5-11H2,1-3H3/t13-,17?,18?,19?,20?,21+/m1/s1. The predicted octanol–water partition coefficient (Wildman–Crippen LogP) is 5.32. The summed E-state index contributed by atoms with van der Waals surface area (Å²) >= 11 is 0. The zero-order valence-electron chi connectivity index (χ0n) is 14.4. The first-order valence-corrected chi connectivity index (χ1v) is 9.43. The second-order valence-electron chi connectivity index (χ2n) is 8.67. The maximum absolute atomic E-state index is 11.9. The van der Waals surface area contributed by atoms with Gasteiger partial charge in [-0.25, -0.2) is 0 Å². The molecule has 0 heterocycles. The molecule has 120 valence electrons. The third-order valence-corrected chi connectivity index (χ3v) is 7.86. The van der Waals surface area contributed by atoms with E-state index in [0.717, 1.165) is 42.4 Å². The van der Waals surface area contributed by atoms with E-state index in [1.165, 1.54) is 37.7 Å². The topological polar surface area (TPSA) is 17.1 Å². The number of carbonyl (C=O) groups excluding carboxylic acids is 1. The number of allylic oxidation sites excluding steroid dienone is 3. The molecule has 3 saturated carbocycles. The first-order valence-electron chi connectivity index (χ1n) is 9.43. The van der Waals surface area contributed by atoms with Crippen LogP contribution >= 0.6 is 0 Å². The molecule has 4 aliphatic rings. The van der Waals surface area contributed by atoms with Crippen LogP contribution in [0.15, 0.2) is 23.3 Å². The van der Waals surface area contributed by atoms with Gasteiger partial charge in [0, 0.05) is 6.42 Å². The number of hydrogen-bond donors (Lipinski definition) is 0. The minimum Gasteiger partial charge on any atom is -0.295 e. The summed E-state index contributed by atoms with van der Waals surface area (Å²) in [4.78, 5) is 11.9. The molecule has 22 heavy (non-hydrogen) atoms. The number of carbonyl (C=O) groups is 1. The molecular formula is C21H30O. The Morgan fingerprint density at radius 1 is 1.18 bits per heavy atom. The molecule has 0 aromatic rings. The molecule has 0 spiro atoms. The molecule has 1 nitrogen and oxygen atoms in total. The number of ketones is 1. The average Bonchev–Trinajstić information content (AvgIpc) is 2.94. The van der Waals surface area contributed by atoms with Gasteiger partial charge in [-0.15, -0.1) is 0 Å². The number of fused-ring (bicyclic) bond motifs is 5. The Kier molecular flexibility index (Phi) is 3.40. The highest BCUT2D eigenvalue weighted by Crippen LogP contribution is 2.63. The smallest absolute Gasteiger partial charge is 0.155 e. The van der Waals surface area contributed by atoms with Gasteiger partial charge in [0.25, 0.3) is 0 Å². The monoisotopic (exact) mass is 298 g/mol. The molecule has 0 radical (unpaired) electrons. The molecule has 1 heteroatoms. The summed E-state index contributed by atoms with van der Waals surface area (Å²) in [5, 5.41) is 0. The van der Waals surface area contributed by atoms with Crippen molar-refractivity contribution in [3.8, 4) is 0 Å². The van der Waals surface area contributed by atoms with Crippen molar-refractivity contribution in [1.29, 1.82) is 0 Å². The maximum Gasteiger partial charge on any atom is 0.155 e. The van der Waals surface area contributed by atoms with E-state index in [1.54, 1.807) is 5.57 Å². The van der Waals surface area contributed by atoms with E-state index in [0.29, 0.717) is 11.2 Å². The Labute approximate surface area is 135 Å². The zero-order valence-corrected chi connectivity index (χ0v) is 14.4. The minimum atomic E-state index is 0.328. The Bertz CT molecular complexity index is 554. The summed E-state index contributed by atoms with van der Waals surface area (Å²) in [5.41, 5.74) is 3.58. The van der Waals surface area contributed by atoms with Gasteiger partial charge in [0.1, 0.15) is 0 Å². The van der Waals surface area contributed by atoms with Crippen LogP contribution in [-0.4, -0.2) is 5.78 Å². The van der Waals surface area contributed by atoms with Crippen molar-refractivity contribution in [1.82, 2.24) is 0 Å². The number of rotatable bonds is 0. The Hall–Kier alpha value is -0.850. The van der Waals surface area contributed by atoms with Crippen LogP contribution in [0, 0.1) is 35.0 Å². The van der Waals surface area contributed by atoms with Crippen molar-refractivity contribution in [2.24, 2.45) is 35.0 Å². The molecule has 3 fully saturated rings. The van der Waals surface area contributed by atoms with Crippen molar-refractivity contribution in [3.05, 3.63) is 23.3 Å². The first-order chi connectivity index (χ1) is 10.5. The molecule has 4 unspecified atom stereocenters. The third-order valence-electron chi connectivity index (χ3n) is 7.86. The molecule has 0 bridgehead atoms. The van der Waals surface area contributed by atoms with Crippen LogP contribution in [0.5, 0.6) is 0 Å². The van der Waals surface area contributed by atoms with Crippen molar-refractivity contribution < 1.29 is 4.79 Å². The normalized spacial score (nSPS) is 49.4. The van der Waals surface area contributed by atoms with Gasteiger partial charge in [0.05, 0.1) is 0 Å². The van der Waals surface area contributed by atoms with Crippen LogP contribution in [-0.2, 0) is 4.79 Å². The Morgan fingerprint density at radius 3 is 2.73 bits per heavy atom. The Balaban J connectivity index is 1.70. The molecule has 6 atom stereocenters. The lowest BCUT2D eigenvalue weighted by atomic mass is 9.48. The molecule has 4 aliphatic carbocycles. The highest BCUT2D eigenvalue weighted by Gasteiger charge is 2.55. The van der Waals surface area contributed by atoms with Gasteiger partial charge in [-0.2, -0.15) is 0 Å².